The molecule has 2 unspecified atom stereocenters. The largest absolute Gasteiger partial charge is 0.391 e. The molecule has 0 aliphatic carbocycles. The molecule has 2 aliphatic heterocycles. The number of hydrogen-bond donors (Lipinski definition) is 3. The minimum atomic E-state index is -0.722. The van der Waals surface area contributed by atoms with E-state index < -0.39 is 18.1 Å². The molecule has 112 valence electrons. The molecular formula is C15H19N3O3. The maximum atomic E-state index is 12.8. The van der Waals surface area contributed by atoms with Crippen LogP contribution >= 0.6 is 0 Å². The first-order chi connectivity index (χ1) is 10.1. The molecule has 4 N–H and O–H groups in total. The van der Waals surface area contributed by atoms with Crippen molar-refractivity contribution in [3.63, 3.8) is 0 Å². The summed E-state index contributed by atoms with van der Waals surface area (Å²) in [6.45, 7) is 1.06. The summed E-state index contributed by atoms with van der Waals surface area (Å²) in [7, 11) is 0. The van der Waals surface area contributed by atoms with Gasteiger partial charge in [-0.25, -0.2) is 0 Å². The second-order valence-electron chi connectivity index (χ2n) is 5.63. The van der Waals surface area contributed by atoms with E-state index in [1.165, 1.54) is 4.90 Å². The van der Waals surface area contributed by atoms with Gasteiger partial charge in [-0.3, -0.25) is 9.59 Å². The minimum Gasteiger partial charge on any atom is -0.391 e. The summed E-state index contributed by atoms with van der Waals surface area (Å²) in [4.78, 5) is 25.6. The van der Waals surface area contributed by atoms with Crippen LogP contribution in [0.1, 0.15) is 28.8 Å². The zero-order valence-corrected chi connectivity index (χ0v) is 11.7. The number of carbonyl (C=O) groups is 2. The van der Waals surface area contributed by atoms with Gasteiger partial charge in [0.05, 0.1) is 6.10 Å². The molecule has 6 nitrogen and oxygen atoms in total. The minimum absolute atomic E-state index is 0.156. The summed E-state index contributed by atoms with van der Waals surface area (Å²) >= 11 is 0. The number of nitrogens with two attached hydrogens (primary N) is 1. The third-order valence-corrected chi connectivity index (χ3v) is 4.19. The van der Waals surface area contributed by atoms with Crippen molar-refractivity contribution in [2.24, 2.45) is 5.73 Å². The fourth-order valence-corrected chi connectivity index (χ4v) is 3.17. The predicted octanol–water partition coefficient (Wildman–Crippen LogP) is 0.105. The second kappa shape index (κ2) is 5.37. The summed E-state index contributed by atoms with van der Waals surface area (Å²) in [5.41, 5.74) is 7.90. The topological polar surface area (TPSA) is 95.7 Å². The first-order valence-electron chi connectivity index (χ1n) is 7.22. The first-order valence-corrected chi connectivity index (χ1v) is 7.22. The average Bonchev–Trinajstić information content (AvgIpc) is 2.88. The van der Waals surface area contributed by atoms with Gasteiger partial charge in [-0.1, -0.05) is 6.07 Å². The molecule has 0 bridgehead atoms. The van der Waals surface area contributed by atoms with Gasteiger partial charge < -0.3 is 21.1 Å². The van der Waals surface area contributed by atoms with Gasteiger partial charge in [0.25, 0.3) is 5.91 Å². The first kappa shape index (κ1) is 13.9. The lowest BCUT2D eigenvalue weighted by Crippen LogP contribution is -2.44. The Hall–Kier alpha value is -2.08. The molecule has 1 saturated heterocycles. The molecule has 0 aromatic heterocycles. The molecule has 21 heavy (non-hydrogen) atoms. The van der Waals surface area contributed by atoms with Gasteiger partial charge >= 0.3 is 0 Å². The fraction of sp³-hybridized carbons (Fsp3) is 0.467. The van der Waals surface area contributed by atoms with Gasteiger partial charge in [-0.05, 0) is 30.5 Å². The molecule has 6 heteroatoms. The number of β-amino-alcohol motifs (C(OH)–C–C–N with tert-alkyl or cyclic N) is 1. The maximum absolute atomic E-state index is 12.8. The number of aliphatic hydroxyl groups is 1. The molecule has 0 spiro atoms. The average molecular weight is 289 g/mol. The Balaban J connectivity index is 1.93. The molecule has 2 heterocycles. The van der Waals surface area contributed by atoms with E-state index in [0.29, 0.717) is 5.56 Å². The molecule has 0 radical (unpaired) electrons. The van der Waals surface area contributed by atoms with Crippen molar-refractivity contribution < 1.29 is 14.7 Å². The van der Waals surface area contributed by atoms with Crippen LogP contribution in [0.15, 0.2) is 18.2 Å². The number of likely N-dealkylation sites (tertiary alicyclic amines) is 1. The molecule has 2 aliphatic rings. The Labute approximate surface area is 122 Å². The van der Waals surface area contributed by atoms with Crippen LogP contribution < -0.4 is 11.1 Å². The SMILES string of the molecule is NC(=O)C1CC(O)CN1C(=O)c1cccc2c1CCCN2. The van der Waals surface area contributed by atoms with Gasteiger partial charge in [-0.15, -0.1) is 0 Å². The van der Waals surface area contributed by atoms with Gasteiger partial charge in [0.2, 0.25) is 5.91 Å². The molecule has 1 fully saturated rings. The van der Waals surface area contributed by atoms with Crippen molar-refractivity contribution in [3.05, 3.63) is 29.3 Å². The quantitative estimate of drug-likeness (QED) is 0.720. The number of amides is 2. The number of carbonyl (C=O) groups excluding carboxylic acids is 2. The van der Waals surface area contributed by atoms with Gasteiger partial charge in [0, 0.05) is 30.8 Å². The van der Waals surface area contributed by atoms with Crippen LogP contribution in [0, 0.1) is 0 Å². The molecule has 1 aromatic rings. The lowest BCUT2D eigenvalue weighted by molar-refractivity contribution is -0.121. The highest BCUT2D eigenvalue weighted by Gasteiger charge is 2.38. The van der Waals surface area contributed by atoms with E-state index in [1.54, 1.807) is 6.07 Å². The Morgan fingerprint density at radius 1 is 1.38 bits per heavy atom. The molecular weight excluding hydrogens is 270 g/mol. The highest BCUT2D eigenvalue weighted by atomic mass is 16.3. The van der Waals surface area contributed by atoms with Crippen molar-refractivity contribution in [1.82, 2.24) is 4.90 Å². The van der Waals surface area contributed by atoms with Crippen LogP contribution in [0.3, 0.4) is 0 Å². The zero-order chi connectivity index (χ0) is 15.0. The van der Waals surface area contributed by atoms with Crippen molar-refractivity contribution in [2.45, 2.75) is 31.4 Å². The molecule has 1 aromatic carbocycles. The van der Waals surface area contributed by atoms with Crippen LogP contribution in [-0.2, 0) is 11.2 Å². The zero-order valence-electron chi connectivity index (χ0n) is 11.7. The summed E-state index contributed by atoms with van der Waals surface area (Å²) in [5, 5.41) is 13.0. The lowest BCUT2D eigenvalue weighted by Gasteiger charge is -2.26. The second-order valence-corrected chi connectivity index (χ2v) is 5.63. The number of primary amides is 1. The van der Waals surface area contributed by atoms with Gasteiger partial charge in [0.15, 0.2) is 0 Å². The Bertz CT molecular complexity index is 588. The number of anilines is 1. The Morgan fingerprint density at radius 2 is 2.19 bits per heavy atom. The molecule has 0 saturated carbocycles. The van der Waals surface area contributed by atoms with Crippen molar-refractivity contribution >= 4 is 17.5 Å². The number of aliphatic hydroxyl groups excluding tert-OH is 1. The smallest absolute Gasteiger partial charge is 0.254 e. The predicted molar refractivity (Wildman–Crippen MR) is 77.9 cm³/mol. The third kappa shape index (κ3) is 2.47. The van der Waals surface area contributed by atoms with Crippen LogP contribution in [-0.4, -0.2) is 47.1 Å². The Kier molecular flexibility index (Phi) is 3.55. The highest BCUT2D eigenvalue weighted by molar-refractivity contribution is 6.00. The monoisotopic (exact) mass is 289 g/mol. The number of nitrogens with zero attached hydrogens (tertiary/aromatic N) is 1. The molecule has 2 atom stereocenters. The van der Waals surface area contributed by atoms with E-state index >= 15 is 0 Å². The van der Waals surface area contributed by atoms with Crippen LogP contribution in [0.5, 0.6) is 0 Å². The summed E-state index contributed by atoms with van der Waals surface area (Å²) < 4.78 is 0. The van der Waals surface area contributed by atoms with Crippen LogP contribution in [0.2, 0.25) is 0 Å². The van der Waals surface area contributed by atoms with Crippen molar-refractivity contribution in [2.75, 3.05) is 18.4 Å². The number of benzene rings is 1. The van der Waals surface area contributed by atoms with E-state index in [0.717, 1.165) is 30.6 Å². The normalized spacial score (nSPS) is 24.3. The summed E-state index contributed by atoms with van der Waals surface area (Å²) in [5.74, 6) is -0.793. The lowest BCUT2D eigenvalue weighted by atomic mass is 9.96. The maximum Gasteiger partial charge on any atom is 0.254 e. The van der Waals surface area contributed by atoms with Crippen molar-refractivity contribution in [1.29, 1.82) is 0 Å². The van der Waals surface area contributed by atoms with E-state index in [1.807, 2.05) is 12.1 Å². The summed E-state index contributed by atoms with van der Waals surface area (Å²) in [6, 6.07) is 4.84. The van der Waals surface area contributed by atoms with Crippen LogP contribution in [0.4, 0.5) is 5.69 Å². The van der Waals surface area contributed by atoms with E-state index in [2.05, 4.69) is 5.32 Å². The van der Waals surface area contributed by atoms with E-state index in [-0.39, 0.29) is 18.9 Å². The fourth-order valence-electron chi connectivity index (χ4n) is 3.17. The van der Waals surface area contributed by atoms with E-state index in [4.69, 9.17) is 5.73 Å². The molecule has 3 rings (SSSR count). The number of rotatable bonds is 2. The molecule has 2 amide bonds. The Morgan fingerprint density at radius 3 is 2.95 bits per heavy atom. The van der Waals surface area contributed by atoms with Crippen LogP contribution in [0.25, 0.3) is 0 Å². The van der Waals surface area contributed by atoms with E-state index in [9.17, 15) is 14.7 Å². The number of nitrogens with one attached hydrogen (secondary N) is 1. The standard InChI is InChI=1S/C15H19N3O3/c16-14(20)13-7-9(19)8-18(13)15(21)11-3-1-5-12-10(11)4-2-6-17-12/h1,3,5,9,13,17,19H,2,4,6-8H2,(H2,16,20). The highest BCUT2D eigenvalue weighted by Crippen LogP contribution is 2.28. The third-order valence-electron chi connectivity index (χ3n) is 4.19. The van der Waals surface area contributed by atoms with Crippen molar-refractivity contribution in [3.8, 4) is 0 Å². The number of fused-ring (bicyclic) bond motifs is 1. The summed E-state index contributed by atoms with van der Waals surface area (Å²) in [6.07, 6.45) is 1.33. The number of hydrogen-bond acceptors (Lipinski definition) is 4. The van der Waals surface area contributed by atoms with Gasteiger partial charge in [-0.2, -0.15) is 0 Å². The van der Waals surface area contributed by atoms with Gasteiger partial charge in [0.1, 0.15) is 6.04 Å².